The standard InChI is InChI=1S/C25H21N3O3/c1-17-22(25(31)28(27(17)2)21-11-7-4-8-12-21)26-24(30)20-15-13-19(14-16-20)23(29)18-9-5-3-6-10-18/h3-16H,1-2H3,(H,26,30). The SMILES string of the molecule is Cc1c(NC(=O)c2ccc(C(=O)c3ccccc3)cc2)c(=O)n(-c2ccccc2)n1C. The van der Waals surface area contributed by atoms with E-state index in [0.29, 0.717) is 28.1 Å². The Balaban J connectivity index is 1.58. The minimum atomic E-state index is -0.412. The third-order valence-electron chi connectivity index (χ3n) is 5.24. The van der Waals surface area contributed by atoms with Crippen molar-refractivity contribution in [1.29, 1.82) is 0 Å². The number of benzene rings is 3. The number of hydrogen-bond donors (Lipinski definition) is 1. The number of amides is 1. The molecule has 1 heterocycles. The summed E-state index contributed by atoms with van der Waals surface area (Å²) in [5.74, 6) is -0.526. The fraction of sp³-hybridized carbons (Fsp3) is 0.0800. The van der Waals surface area contributed by atoms with Crippen molar-refractivity contribution in [1.82, 2.24) is 9.36 Å². The van der Waals surface area contributed by atoms with E-state index >= 15 is 0 Å². The van der Waals surface area contributed by atoms with Crippen molar-refractivity contribution in [3.05, 3.63) is 118 Å². The lowest BCUT2D eigenvalue weighted by Gasteiger charge is -2.07. The number of rotatable bonds is 5. The van der Waals surface area contributed by atoms with Gasteiger partial charge in [-0.2, -0.15) is 0 Å². The second-order valence-corrected chi connectivity index (χ2v) is 7.16. The Morgan fingerprint density at radius 3 is 1.87 bits per heavy atom. The smallest absolute Gasteiger partial charge is 0.295 e. The Morgan fingerprint density at radius 2 is 1.26 bits per heavy atom. The number of para-hydroxylation sites is 1. The van der Waals surface area contributed by atoms with Gasteiger partial charge in [-0.3, -0.25) is 19.1 Å². The highest BCUT2D eigenvalue weighted by molar-refractivity contribution is 6.10. The number of carbonyl (C=O) groups is 2. The number of anilines is 1. The molecular weight excluding hydrogens is 390 g/mol. The Kier molecular flexibility index (Phi) is 5.37. The van der Waals surface area contributed by atoms with Gasteiger partial charge in [0.25, 0.3) is 11.5 Å². The first-order valence-corrected chi connectivity index (χ1v) is 9.82. The van der Waals surface area contributed by atoms with E-state index in [1.54, 1.807) is 67.2 Å². The molecule has 1 aromatic heterocycles. The van der Waals surface area contributed by atoms with Crippen LogP contribution in [0.25, 0.3) is 5.69 Å². The molecule has 0 spiro atoms. The van der Waals surface area contributed by atoms with E-state index < -0.39 is 5.91 Å². The molecular formula is C25H21N3O3. The third-order valence-corrected chi connectivity index (χ3v) is 5.24. The Bertz CT molecular complexity index is 1300. The number of hydrogen-bond acceptors (Lipinski definition) is 3. The molecule has 0 saturated heterocycles. The summed E-state index contributed by atoms with van der Waals surface area (Å²) in [4.78, 5) is 38.3. The van der Waals surface area contributed by atoms with E-state index in [4.69, 9.17) is 0 Å². The van der Waals surface area contributed by atoms with Crippen LogP contribution >= 0.6 is 0 Å². The Hall–Kier alpha value is -4.19. The van der Waals surface area contributed by atoms with Gasteiger partial charge in [0.1, 0.15) is 5.69 Å². The van der Waals surface area contributed by atoms with Crippen molar-refractivity contribution in [2.45, 2.75) is 6.92 Å². The van der Waals surface area contributed by atoms with E-state index in [2.05, 4.69) is 5.32 Å². The predicted molar refractivity (Wildman–Crippen MR) is 120 cm³/mol. The first kappa shape index (κ1) is 20.1. The van der Waals surface area contributed by atoms with Gasteiger partial charge in [0.05, 0.1) is 11.4 Å². The second kappa shape index (κ2) is 8.28. The largest absolute Gasteiger partial charge is 0.316 e. The molecule has 6 nitrogen and oxygen atoms in total. The van der Waals surface area contributed by atoms with Gasteiger partial charge >= 0.3 is 0 Å². The molecule has 0 aliphatic rings. The minimum absolute atomic E-state index is 0.114. The van der Waals surface area contributed by atoms with Gasteiger partial charge in [-0.25, -0.2) is 4.68 Å². The molecule has 0 bridgehead atoms. The zero-order valence-corrected chi connectivity index (χ0v) is 17.2. The van der Waals surface area contributed by atoms with Crippen LogP contribution in [-0.2, 0) is 7.05 Å². The van der Waals surface area contributed by atoms with Crippen LogP contribution in [0.2, 0.25) is 0 Å². The molecule has 4 rings (SSSR count). The van der Waals surface area contributed by atoms with Crippen LogP contribution in [0.4, 0.5) is 5.69 Å². The molecule has 3 aromatic carbocycles. The summed E-state index contributed by atoms with van der Waals surface area (Å²) in [7, 11) is 1.77. The average molecular weight is 411 g/mol. The van der Waals surface area contributed by atoms with E-state index in [1.807, 2.05) is 36.4 Å². The van der Waals surface area contributed by atoms with E-state index in [1.165, 1.54) is 4.68 Å². The summed E-state index contributed by atoms with van der Waals surface area (Å²) in [6.07, 6.45) is 0. The van der Waals surface area contributed by atoms with Crippen LogP contribution in [0.1, 0.15) is 32.0 Å². The summed E-state index contributed by atoms with van der Waals surface area (Å²) >= 11 is 0. The van der Waals surface area contributed by atoms with Crippen LogP contribution in [0, 0.1) is 6.92 Å². The quantitative estimate of drug-likeness (QED) is 0.505. The summed E-state index contributed by atoms with van der Waals surface area (Å²) in [5.41, 5.74) is 2.70. The van der Waals surface area contributed by atoms with Crippen molar-refractivity contribution in [2.24, 2.45) is 7.05 Å². The van der Waals surface area contributed by atoms with Crippen molar-refractivity contribution in [3.63, 3.8) is 0 Å². The van der Waals surface area contributed by atoms with Crippen LogP contribution in [0.3, 0.4) is 0 Å². The van der Waals surface area contributed by atoms with Gasteiger partial charge in [0, 0.05) is 23.7 Å². The molecule has 0 saturated carbocycles. The Labute approximate surface area is 179 Å². The van der Waals surface area contributed by atoms with Crippen LogP contribution < -0.4 is 10.9 Å². The number of ketones is 1. The summed E-state index contributed by atoms with van der Waals surface area (Å²) in [5, 5.41) is 2.73. The first-order valence-electron chi connectivity index (χ1n) is 9.82. The fourth-order valence-electron chi connectivity index (χ4n) is 3.43. The van der Waals surface area contributed by atoms with Crippen molar-refractivity contribution in [2.75, 3.05) is 5.32 Å². The molecule has 0 aliphatic carbocycles. The molecule has 0 aliphatic heterocycles. The van der Waals surface area contributed by atoms with Crippen LogP contribution in [0.15, 0.2) is 89.7 Å². The summed E-state index contributed by atoms with van der Waals surface area (Å²) in [6.45, 7) is 1.78. The van der Waals surface area contributed by atoms with Gasteiger partial charge < -0.3 is 5.32 Å². The van der Waals surface area contributed by atoms with Gasteiger partial charge in [-0.1, -0.05) is 60.7 Å². The Morgan fingerprint density at radius 1 is 0.742 bits per heavy atom. The van der Waals surface area contributed by atoms with E-state index in [0.717, 1.165) is 0 Å². The number of nitrogens with one attached hydrogen (secondary N) is 1. The predicted octanol–water partition coefficient (Wildman–Crippen LogP) is 3.97. The van der Waals surface area contributed by atoms with E-state index in [-0.39, 0.29) is 17.0 Å². The molecule has 6 heteroatoms. The normalized spacial score (nSPS) is 10.6. The molecule has 1 amide bonds. The topological polar surface area (TPSA) is 73.1 Å². The molecule has 154 valence electrons. The molecule has 1 N–H and O–H groups in total. The van der Waals surface area contributed by atoms with Gasteiger partial charge in [-0.15, -0.1) is 0 Å². The highest BCUT2D eigenvalue weighted by Gasteiger charge is 2.19. The van der Waals surface area contributed by atoms with Gasteiger partial charge in [0.2, 0.25) is 0 Å². The lowest BCUT2D eigenvalue weighted by Crippen LogP contribution is -2.23. The van der Waals surface area contributed by atoms with Crippen molar-refractivity contribution in [3.8, 4) is 5.69 Å². The first-order chi connectivity index (χ1) is 15.0. The summed E-state index contributed by atoms with van der Waals surface area (Å²) < 4.78 is 3.21. The minimum Gasteiger partial charge on any atom is -0.316 e. The molecule has 4 aromatic rings. The number of carbonyl (C=O) groups excluding carboxylic acids is 2. The van der Waals surface area contributed by atoms with Crippen LogP contribution in [0.5, 0.6) is 0 Å². The van der Waals surface area contributed by atoms with Gasteiger partial charge in [0.15, 0.2) is 5.78 Å². The number of aromatic nitrogens is 2. The highest BCUT2D eigenvalue weighted by Crippen LogP contribution is 2.16. The fourth-order valence-corrected chi connectivity index (χ4v) is 3.43. The number of nitrogens with zero attached hydrogens (tertiary/aromatic N) is 2. The lowest BCUT2D eigenvalue weighted by atomic mass is 10.0. The van der Waals surface area contributed by atoms with Crippen molar-refractivity contribution < 1.29 is 9.59 Å². The van der Waals surface area contributed by atoms with Crippen molar-refractivity contribution >= 4 is 17.4 Å². The maximum Gasteiger partial charge on any atom is 0.295 e. The van der Waals surface area contributed by atoms with Gasteiger partial charge in [-0.05, 0) is 31.2 Å². The molecule has 31 heavy (non-hydrogen) atoms. The third kappa shape index (κ3) is 3.83. The molecule has 0 atom stereocenters. The zero-order chi connectivity index (χ0) is 22.0. The molecule has 0 radical (unpaired) electrons. The van der Waals surface area contributed by atoms with E-state index in [9.17, 15) is 14.4 Å². The monoisotopic (exact) mass is 411 g/mol. The second-order valence-electron chi connectivity index (χ2n) is 7.16. The highest BCUT2D eigenvalue weighted by atomic mass is 16.2. The molecule has 0 unspecified atom stereocenters. The lowest BCUT2D eigenvalue weighted by molar-refractivity contribution is 0.102. The molecule has 0 fully saturated rings. The maximum atomic E-state index is 13.0. The summed E-state index contributed by atoms with van der Waals surface area (Å²) in [6, 6.07) is 24.6. The average Bonchev–Trinajstić information content (AvgIpc) is 3.02. The van der Waals surface area contributed by atoms with Crippen LogP contribution in [-0.4, -0.2) is 21.1 Å². The maximum absolute atomic E-state index is 13.0. The zero-order valence-electron chi connectivity index (χ0n) is 17.2.